The molecule has 194 valence electrons. The average molecular weight is 502 g/mol. The predicted molar refractivity (Wildman–Crippen MR) is 142 cm³/mol. The van der Waals surface area contributed by atoms with Gasteiger partial charge in [-0.25, -0.2) is 0 Å². The van der Waals surface area contributed by atoms with Crippen LogP contribution >= 0.6 is 0 Å². The Morgan fingerprint density at radius 2 is 1.70 bits per heavy atom. The van der Waals surface area contributed by atoms with Crippen molar-refractivity contribution in [2.75, 3.05) is 14.2 Å². The van der Waals surface area contributed by atoms with Gasteiger partial charge in [-0.3, -0.25) is 14.6 Å². The van der Waals surface area contributed by atoms with Crippen LogP contribution in [0.1, 0.15) is 74.8 Å². The lowest BCUT2D eigenvalue weighted by Crippen LogP contribution is -2.39. The molecule has 0 bridgehead atoms. The second-order valence-corrected chi connectivity index (χ2v) is 10.3. The van der Waals surface area contributed by atoms with Gasteiger partial charge in [0.1, 0.15) is 23.5 Å². The fraction of sp³-hybridized carbons (Fsp3) is 0.452. The summed E-state index contributed by atoms with van der Waals surface area (Å²) in [5.74, 6) is -0.178. The minimum atomic E-state index is -0.680. The van der Waals surface area contributed by atoms with Crippen LogP contribution in [0.15, 0.2) is 64.8 Å². The third kappa shape index (κ3) is 5.07. The van der Waals surface area contributed by atoms with Gasteiger partial charge in [-0.1, -0.05) is 42.8 Å². The molecule has 1 aliphatic heterocycles. The number of methoxy groups -OCH3 is 2. The summed E-state index contributed by atoms with van der Waals surface area (Å²) in [7, 11) is 3.20. The van der Waals surface area contributed by atoms with Crippen molar-refractivity contribution in [3.8, 4) is 11.5 Å². The van der Waals surface area contributed by atoms with Gasteiger partial charge in [0.15, 0.2) is 5.78 Å². The largest absolute Gasteiger partial charge is 0.497 e. The molecule has 6 heteroatoms. The molecule has 0 aromatic heterocycles. The van der Waals surface area contributed by atoms with Gasteiger partial charge in [0.05, 0.1) is 14.2 Å². The van der Waals surface area contributed by atoms with Gasteiger partial charge < -0.3 is 14.2 Å². The quantitative estimate of drug-likeness (QED) is 0.444. The first-order valence-electron chi connectivity index (χ1n) is 13.3. The van der Waals surface area contributed by atoms with Crippen LogP contribution in [-0.2, 0) is 14.3 Å². The summed E-state index contributed by atoms with van der Waals surface area (Å²) in [6.07, 6.45) is 6.05. The zero-order valence-corrected chi connectivity index (χ0v) is 21.9. The van der Waals surface area contributed by atoms with Crippen LogP contribution in [0.25, 0.3) is 0 Å². The van der Waals surface area contributed by atoms with Crippen LogP contribution in [0.5, 0.6) is 11.5 Å². The third-order valence-electron chi connectivity index (χ3n) is 8.02. The zero-order chi connectivity index (χ0) is 25.9. The maximum atomic E-state index is 13.8. The van der Waals surface area contributed by atoms with Crippen molar-refractivity contribution in [1.82, 2.24) is 0 Å². The molecule has 0 saturated heterocycles. The van der Waals surface area contributed by atoms with Crippen molar-refractivity contribution < 1.29 is 23.8 Å². The Morgan fingerprint density at radius 3 is 2.41 bits per heavy atom. The minimum absolute atomic E-state index is 0.0321. The number of carbonyl (C=O) groups excluding carboxylic acids is 2. The monoisotopic (exact) mass is 501 g/mol. The normalized spacial score (nSPS) is 24.2. The molecule has 1 saturated carbocycles. The number of hydrogen-bond acceptors (Lipinski definition) is 6. The Balaban J connectivity index is 1.57. The van der Waals surface area contributed by atoms with E-state index >= 15 is 0 Å². The van der Waals surface area contributed by atoms with Crippen molar-refractivity contribution in [3.63, 3.8) is 0 Å². The number of ether oxygens (including phenoxy) is 3. The molecular weight excluding hydrogens is 466 g/mol. The molecule has 37 heavy (non-hydrogen) atoms. The molecule has 1 fully saturated rings. The number of rotatable bonds is 6. The Kier molecular flexibility index (Phi) is 7.45. The molecule has 1 unspecified atom stereocenters. The zero-order valence-electron chi connectivity index (χ0n) is 21.9. The van der Waals surface area contributed by atoms with Gasteiger partial charge in [0.25, 0.3) is 0 Å². The fourth-order valence-corrected chi connectivity index (χ4v) is 6.16. The van der Waals surface area contributed by atoms with Gasteiger partial charge in [0.2, 0.25) is 0 Å². The summed E-state index contributed by atoms with van der Waals surface area (Å²) >= 11 is 0. The molecular formula is C31H35NO5. The van der Waals surface area contributed by atoms with Crippen LogP contribution in [0, 0.1) is 5.92 Å². The van der Waals surface area contributed by atoms with Crippen LogP contribution in [0.4, 0.5) is 0 Å². The van der Waals surface area contributed by atoms with Crippen LogP contribution in [0.3, 0.4) is 0 Å². The standard InChI is InChI=1S/C31H35NO5/c1-19-28(31(34)37-22-12-8-5-9-13-22)29(24-15-14-23(35-2)18-27(24)36-3)30-25(32-19)16-21(17-26(30)33)20-10-6-4-7-11-20/h4,6-7,10-11,14-15,18,21-22,28-29H,5,8-9,12-13,16-17H2,1-3H3/t21-,28?,29+/m0/s1. The lowest BCUT2D eigenvalue weighted by molar-refractivity contribution is -0.153. The molecule has 0 radical (unpaired) electrons. The number of carbonyl (C=O) groups is 2. The molecule has 1 heterocycles. The molecule has 2 aromatic carbocycles. The summed E-state index contributed by atoms with van der Waals surface area (Å²) in [6.45, 7) is 1.89. The van der Waals surface area contributed by atoms with E-state index in [-0.39, 0.29) is 23.8 Å². The van der Waals surface area contributed by atoms with E-state index in [1.807, 2.05) is 37.3 Å². The smallest absolute Gasteiger partial charge is 0.315 e. The summed E-state index contributed by atoms with van der Waals surface area (Å²) in [4.78, 5) is 32.5. The summed E-state index contributed by atoms with van der Waals surface area (Å²) in [5, 5.41) is 0. The van der Waals surface area contributed by atoms with Crippen molar-refractivity contribution in [2.24, 2.45) is 10.9 Å². The van der Waals surface area contributed by atoms with E-state index in [1.165, 1.54) is 6.42 Å². The number of allylic oxidation sites excluding steroid dienone is 2. The van der Waals surface area contributed by atoms with E-state index in [4.69, 9.17) is 19.2 Å². The second-order valence-electron chi connectivity index (χ2n) is 10.3. The lowest BCUT2D eigenvalue weighted by Gasteiger charge is -2.37. The first-order chi connectivity index (χ1) is 18.0. The highest BCUT2D eigenvalue weighted by molar-refractivity contribution is 6.09. The van der Waals surface area contributed by atoms with E-state index in [0.717, 1.165) is 42.5 Å². The van der Waals surface area contributed by atoms with Gasteiger partial charge in [-0.15, -0.1) is 0 Å². The maximum Gasteiger partial charge on any atom is 0.315 e. The number of esters is 1. The van der Waals surface area contributed by atoms with Crippen molar-refractivity contribution in [1.29, 1.82) is 0 Å². The molecule has 0 amide bonds. The van der Waals surface area contributed by atoms with Gasteiger partial charge >= 0.3 is 5.97 Å². The molecule has 3 atom stereocenters. The van der Waals surface area contributed by atoms with E-state index in [9.17, 15) is 9.59 Å². The Hall–Kier alpha value is -3.41. The molecule has 3 aliphatic rings. The van der Waals surface area contributed by atoms with Crippen LogP contribution in [-0.4, -0.2) is 37.8 Å². The lowest BCUT2D eigenvalue weighted by atomic mass is 9.69. The Morgan fingerprint density at radius 1 is 0.946 bits per heavy atom. The van der Waals surface area contributed by atoms with Crippen molar-refractivity contribution >= 4 is 17.5 Å². The third-order valence-corrected chi connectivity index (χ3v) is 8.02. The summed E-state index contributed by atoms with van der Waals surface area (Å²) < 4.78 is 17.2. The number of nitrogens with zero attached hydrogens (tertiary/aromatic N) is 1. The number of benzene rings is 2. The fourth-order valence-electron chi connectivity index (χ4n) is 6.16. The van der Waals surface area contributed by atoms with Crippen molar-refractivity contribution in [2.45, 2.75) is 69.8 Å². The molecule has 5 rings (SSSR count). The van der Waals surface area contributed by atoms with Gasteiger partial charge in [0, 0.05) is 41.0 Å². The number of aliphatic imine (C=N–C) groups is 1. The molecule has 0 spiro atoms. The Labute approximate surface area is 218 Å². The van der Waals surface area contributed by atoms with Crippen LogP contribution in [0.2, 0.25) is 0 Å². The van der Waals surface area contributed by atoms with Gasteiger partial charge in [-0.05, 0) is 56.6 Å². The second kappa shape index (κ2) is 10.9. The Bertz CT molecular complexity index is 1230. The van der Waals surface area contributed by atoms with E-state index in [2.05, 4.69) is 12.1 Å². The number of Topliss-reactive ketones (excluding diaryl/α,β-unsaturated/α-hetero) is 1. The molecule has 6 nitrogen and oxygen atoms in total. The summed E-state index contributed by atoms with van der Waals surface area (Å²) in [5.41, 5.74) is 3.98. The van der Waals surface area contributed by atoms with E-state index < -0.39 is 11.8 Å². The first-order valence-corrected chi connectivity index (χ1v) is 13.3. The highest BCUT2D eigenvalue weighted by Crippen LogP contribution is 2.49. The highest BCUT2D eigenvalue weighted by Gasteiger charge is 2.46. The average Bonchev–Trinajstić information content (AvgIpc) is 2.92. The SMILES string of the molecule is COc1ccc([C@H]2C3=C(C[C@H](c4ccccc4)CC3=O)N=C(C)C2C(=O)OC2CCCCC2)c(OC)c1. The molecule has 2 aromatic rings. The topological polar surface area (TPSA) is 74.2 Å². The molecule has 0 N–H and O–H groups in total. The van der Waals surface area contributed by atoms with Crippen molar-refractivity contribution in [3.05, 3.63) is 70.9 Å². The highest BCUT2D eigenvalue weighted by atomic mass is 16.5. The van der Waals surface area contributed by atoms with E-state index in [0.29, 0.717) is 35.6 Å². The van der Waals surface area contributed by atoms with E-state index in [1.54, 1.807) is 20.3 Å². The molecule has 2 aliphatic carbocycles. The maximum absolute atomic E-state index is 13.8. The number of ketones is 1. The summed E-state index contributed by atoms with van der Waals surface area (Å²) in [6, 6.07) is 15.7. The minimum Gasteiger partial charge on any atom is -0.497 e. The van der Waals surface area contributed by atoms with Gasteiger partial charge in [-0.2, -0.15) is 0 Å². The first kappa shape index (κ1) is 25.2. The van der Waals surface area contributed by atoms with Crippen LogP contribution < -0.4 is 9.47 Å². The number of hydrogen-bond donors (Lipinski definition) is 0. The predicted octanol–water partition coefficient (Wildman–Crippen LogP) is 6.15.